The van der Waals surface area contributed by atoms with Gasteiger partial charge in [-0.2, -0.15) is 18.2 Å². The number of aryl methyl sites for hydroxylation is 2. The number of nitrogens with two attached hydrogens (primary N) is 1. The molecule has 3 N–H and O–H groups in total. The van der Waals surface area contributed by atoms with Gasteiger partial charge in [0.25, 0.3) is 0 Å². The van der Waals surface area contributed by atoms with E-state index in [1.807, 2.05) is 13.0 Å². The number of benzene rings is 1. The van der Waals surface area contributed by atoms with E-state index in [0.29, 0.717) is 5.75 Å². The summed E-state index contributed by atoms with van der Waals surface area (Å²) < 4.78 is 43.8. The average molecular weight is 297 g/mol. The van der Waals surface area contributed by atoms with Crippen molar-refractivity contribution in [1.82, 2.24) is 4.98 Å². The van der Waals surface area contributed by atoms with Crippen LogP contribution >= 0.6 is 0 Å². The normalized spacial score (nSPS) is 11.3. The number of hydrazine groups is 1. The van der Waals surface area contributed by atoms with Gasteiger partial charge in [0.05, 0.1) is 5.56 Å². The minimum absolute atomic E-state index is 0.121. The number of halogens is 3. The number of hydrogen-bond donors (Lipinski definition) is 2. The summed E-state index contributed by atoms with van der Waals surface area (Å²) in [7, 11) is 0. The molecule has 112 valence electrons. The molecule has 0 saturated carbocycles. The molecule has 21 heavy (non-hydrogen) atoms. The molecule has 1 aromatic carbocycles. The molecule has 0 fully saturated rings. The third-order valence-corrected chi connectivity index (χ3v) is 2.82. The lowest BCUT2D eigenvalue weighted by Gasteiger charge is -2.13. The molecule has 0 radical (unpaired) electrons. The van der Waals surface area contributed by atoms with Gasteiger partial charge in [-0.3, -0.25) is 0 Å². The van der Waals surface area contributed by atoms with Crippen LogP contribution in [-0.2, 0) is 6.18 Å². The molecule has 0 saturated heterocycles. The molecule has 1 aromatic heterocycles. The van der Waals surface area contributed by atoms with E-state index < -0.39 is 11.7 Å². The molecule has 0 aliphatic heterocycles. The van der Waals surface area contributed by atoms with Crippen molar-refractivity contribution < 1.29 is 17.9 Å². The third kappa shape index (κ3) is 3.63. The second kappa shape index (κ2) is 5.61. The van der Waals surface area contributed by atoms with Crippen molar-refractivity contribution in [3.8, 4) is 11.6 Å². The Hall–Kier alpha value is -2.28. The van der Waals surface area contributed by atoms with E-state index >= 15 is 0 Å². The zero-order valence-electron chi connectivity index (χ0n) is 11.5. The van der Waals surface area contributed by atoms with Crippen LogP contribution < -0.4 is 16.0 Å². The highest BCUT2D eigenvalue weighted by atomic mass is 19.4. The summed E-state index contributed by atoms with van der Waals surface area (Å²) >= 11 is 0. The fraction of sp³-hybridized carbons (Fsp3) is 0.214. The Morgan fingerprint density at radius 2 is 1.86 bits per heavy atom. The maximum atomic E-state index is 12.8. The van der Waals surface area contributed by atoms with Crippen molar-refractivity contribution in [1.29, 1.82) is 0 Å². The van der Waals surface area contributed by atoms with Crippen LogP contribution in [0.4, 0.5) is 19.0 Å². The number of pyridine rings is 1. The SMILES string of the molecule is Cc1ccc(Oc2cc(C(F)(F)F)cc(NN)n2)c(C)c1. The molecule has 0 aliphatic carbocycles. The molecule has 0 spiro atoms. The smallest absolute Gasteiger partial charge is 0.416 e. The Labute approximate surface area is 119 Å². The van der Waals surface area contributed by atoms with E-state index in [1.165, 1.54) is 0 Å². The fourth-order valence-electron chi connectivity index (χ4n) is 1.82. The first-order valence-electron chi connectivity index (χ1n) is 6.10. The van der Waals surface area contributed by atoms with Crippen LogP contribution in [0.3, 0.4) is 0 Å². The van der Waals surface area contributed by atoms with E-state index in [-0.39, 0.29) is 11.7 Å². The average Bonchev–Trinajstić information content (AvgIpc) is 2.40. The van der Waals surface area contributed by atoms with E-state index in [0.717, 1.165) is 23.3 Å². The van der Waals surface area contributed by atoms with Gasteiger partial charge in [0, 0.05) is 6.07 Å². The number of aromatic nitrogens is 1. The van der Waals surface area contributed by atoms with Gasteiger partial charge in [0.1, 0.15) is 11.6 Å². The number of alkyl halides is 3. The minimum Gasteiger partial charge on any atom is -0.439 e. The quantitative estimate of drug-likeness (QED) is 0.668. The maximum Gasteiger partial charge on any atom is 0.416 e. The van der Waals surface area contributed by atoms with Gasteiger partial charge < -0.3 is 10.2 Å². The topological polar surface area (TPSA) is 60.2 Å². The zero-order chi connectivity index (χ0) is 15.6. The van der Waals surface area contributed by atoms with Crippen molar-refractivity contribution in [3.05, 3.63) is 47.0 Å². The van der Waals surface area contributed by atoms with Gasteiger partial charge in [-0.1, -0.05) is 17.7 Å². The summed E-state index contributed by atoms with van der Waals surface area (Å²) in [4.78, 5) is 3.87. The number of nitrogen functional groups attached to an aromatic ring is 1. The first kappa shape index (κ1) is 15.1. The Morgan fingerprint density at radius 3 is 2.43 bits per heavy atom. The predicted octanol–water partition coefficient (Wildman–Crippen LogP) is 3.80. The van der Waals surface area contributed by atoms with Crippen molar-refractivity contribution in [2.24, 2.45) is 5.84 Å². The summed E-state index contributed by atoms with van der Waals surface area (Å²) in [6.07, 6.45) is -4.50. The second-order valence-corrected chi connectivity index (χ2v) is 4.59. The van der Waals surface area contributed by atoms with Crippen LogP contribution in [0.1, 0.15) is 16.7 Å². The van der Waals surface area contributed by atoms with Crippen molar-refractivity contribution in [2.45, 2.75) is 20.0 Å². The number of anilines is 1. The molecule has 0 amide bonds. The van der Waals surface area contributed by atoms with Gasteiger partial charge in [0.15, 0.2) is 0 Å². The summed E-state index contributed by atoms with van der Waals surface area (Å²) in [6.45, 7) is 3.72. The van der Waals surface area contributed by atoms with E-state index in [2.05, 4.69) is 10.4 Å². The van der Waals surface area contributed by atoms with Crippen molar-refractivity contribution in [3.63, 3.8) is 0 Å². The van der Waals surface area contributed by atoms with Crippen LogP contribution in [0.25, 0.3) is 0 Å². The lowest BCUT2D eigenvalue weighted by Crippen LogP contribution is -2.12. The predicted molar refractivity (Wildman–Crippen MR) is 73.0 cm³/mol. The second-order valence-electron chi connectivity index (χ2n) is 4.59. The summed E-state index contributed by atoms with van der Waals surface area (Å²) in [5.41, 5.74) is 3.05. The number of nitrogens with one attached hydrogen (secondary N) is 1. The standard InChI is InChI=1S/C14H14F3N3O/c1-8-3-4-11(9(2)5-8)21-13-7-10(14(15,16)17)6-12(19-13)20-18/h3-7H,18H2,1-2H3,(H,19,20). The molecule has 0 atom stereocenters. The van der Waals surface area contributed by atoms with E-state index in [4.69, 9.17) is 10.6 Å². The van der Waals surface area contributed by atoms with Crippen LogP contribution in [0.2, 0.25) is 0 Å². The first-order valence-corrected chi connectivity index (χ1v) is 6.10. The Morgan fingerprint density at radius 1 is 1.14 bits per heavy atom. The van der Waals surface area contributed by atoms with Crippen LogP contribution in [0.15, 0.2) is 30.3 Å². The maximum absolute atomic E-state index is 12.8. The summed E-state index contributed by atoms with van der Waals surface area (Å²) in [5, 5.41) is 0. The van der Waals surface area contributed by atoms with Crippen molar-refractivity contribution >= 4 is 5.82 Å². The first-order chi connectivity index (χ1) is 9.79. The summed E-state index contributed by atoms with van der Waals surface area (Å²) in [6, 6.07) is 7.00. The molecule has 2 aromatic rings. The van der Waals surface area contributed by atoms with Crippen molar-refractivity contribution in [2.75, 3.05) is 5.43 Å². The molecule has 1 heterocycles. The van der Waals surface area contributed by atoms with Gasteiger partial charge in [-0.05, 0) is 31.5 Å². The molecule has 2 rings (SSSR count). The molecular formula is C14H14F3N3O. The number of ether oxygens (including phenoxy) is 1. The van der Waals surface area contributed by atoms with E-state index in [1.54, 1.807) is 19.1 Å². The highest BCUT2D eigenvalue weighted by Gasteiger charge is 2.32. The van der Waals surface area contributed by atoms with Gasteiger partial charge in [-0.15, -0.1) is 0 Å². The van der Waals surface area contributed by atoms with Gasteiger partial charge in [0.2, 0.25) is 5.88 Å². The number of hydrogen-bond acceptors (Lipinski definition) is 4. The fourth-order valence-corrected chi connectivity index (χ4v) is 1.82. The lowest BCUT2D eigenvalue weighted by atomic mass is 10.1. The molecule has 0 unspecified atom stereocenters. The third-order valence-electron chi connectivity index (χ3n) is 2.82. The molecular weight excluding hydrogens is 283 g/mol. The molecule has 0 aliphatic rings. The zero-order valence-corrected chi connectivity index (χ0v) is 11.5. The van der Waals surface area contributed by atoms with E-state index in [9.17, 15) is 13.2 Å². The Bertz CT molecular complexity index is 656. The largest absolute Gasteiger partial charge is 0.439 e. The molecule has 0 bridgehead atoms. The Balaban J connectivity index is 2.39. The highest BCUT2D eigenvalue weighted by Crippen LogP contribution is 2.34. The van der Waals surface area contributed by atoms with Crippen LogP contribution in [0.5, 0.6) is 11.6 Å². The molecule has 4 nitrogen and oxygen atoms in total. The summed E-state index contributed by atoms with van der Waals surface area (Å²) in [5.74, 6) is 5.28. The number of nitrogens with zero attached hydrogens (tertiary/aromatic N) is 1. The number of rotatable bonds is 3. The van der Waals surface area contributed by atoms with Crippen LogP contribution in [-0.4, -0.2) is 4.98 Å². The lowest BCUT2D eigenvalue weighted by molar-refractivity contribution is -0.137. The van der Waals surface area contributed by atoms with Crippen LogP contribution in [0, 0.1) is 13.8 Å². The monoisotopic (exact) mass is 297 g/mol. The highest BCUT2D eigenvalue weighted by molar-refractivity contribution is 5.44. The Kier molecular flexibility index (Phi) is 4.04. The molecule has 7 heteroatoms. The van der Waals surface area contributed by atoms with Gasteiger partial charge in [-0.25, -0.2) is 5.84 Å². The minimum atomic E-state index is -4.50. The van der Waals surface area contributed by atoms with Gasteiger partial charge >= 0.3 is 6.18 Å².